The SMILES string of the molecule is CCOc1cc(CNc2cccc(C(=O)O)c2C)cc(Cl)c1OCc1cccc(C)c1. The molecule has 0 aliphatic heterocycles. The van der Waals surface area contributed by atoms with E-state index in [-0.39, 0.29) is 5.56 Å². The molecule has 0 unspecified atom stereocenters. The molecule has 0 radical (unpaired) electrons. The van der Waals surface area contributed by atoms with Gasteiger partial charge in [0.25, 0.3) is 0 Å². The van der Waals surface area contributed by atoms with E-state index in [0.29, 0.717) is 41.8 Å². The van der Waals surface area contributed by atoms with Crippen LogP contribution in [0.1, 0.15) is 39.5 Å². The van der Waals surface area contributed by atoms with Crippen LogP contribution in [-0.4, -0.2) is 17.7 Å². The first-order valence-electron chi connectivity index (χ1n) is 10.1. The number of halogens is 1. The van der Waals surface area contributed by atoms with Gasteiger partial charge >= 0.3 is 5.97 Å². The number of benzene rings is 3. The predicted octanol–water partition coefficient (Wildman–Crippen LogP) is 6.24. The highest BCUT2D eigenvalue weighted by molar-refractivity contribution is 6.32. The van der Waals surface area contributed by atoms with Crippen LogP contribution in [0, 0.1) is 13.8 Å². The summed E-state index contributed by atoms with van der Waals surface area (Å²) in [7, 11) is 0. The van der Waals surface area contributed by atoms with E-state index in [9.17, 15) is 9.90 Å². The van der Waals surface area contributed by atoms with E-state index in [1.165, 1.54) is 5.56 Å². The molecule has 31 heavy (non-hydrogen) atoms. The lowest BCUT2D eigenvalue weighted by Gasteiger charge is -2.17. The van der Waals surface area contributed by atoms with Gasteiger partial charge < -0.3 is 19.9 Å². The van der Waals surface area contributed by atoms with Crippen molar-refractivity contribution in [2.45, 2.75) is 33.9 Å². The minimum absolute atomic E-state index is 0.276. The standard InChI is InChI=1S/C25H26ClNO4/c1-4-30-23-13-19(14-27-22-10-6-9-20(17(22)3)25(28)29)12-21(26)24(23)31-15-18-8-5-7-16(2)11-18/h5-13,27H,4,14-15H2,1-3H3,(H,28,29). The fourth-order valence-electron chi connectivity index (χ4n) is 3.34. The highest BCUT2D eigenvalue weighted by Crippen LogP contribution is 2.37. The second-order valence-corrected chi connectivity index (χ2v) is 7.66. The van der Waals surface area contributed by atoms with Crippen LogP contribution in [0.3, 0.4) is 0 Å². The van der Waals surface area contributed by atoms with Gasteiger partial charge in [-0.15, -0.1) is 0 Å². The van der Waals surface area contributed by atoms with Gasteiger partial charge in [0.2, 0.25) is 0 Å². The van der Waals surface area contributed by atoms with E-state index in [0.717, 1.165) is 16.8 Å². The summed E-state index contributed by atoms with van der Waals surface area (Å²) in [5, 5.41) is 13.1. The fourth-order valence-corrected chi connectivity index (χ4v) is 3.63. The second-order valence-electron chi connectivity index (χ2n) is 7.25. The molecule has 3 rings (SSSR count). The van der Waals surface area contributed by atoms with Gasteiger partial charge in [-0.25, -0.2) is 4.79 Å². The molecular weight excluding hydrogens is 414 g/mol. The van der Waals surface area contributed by atoms with E-state index in [1.807, 2.05) is 50.2 Å². The Balaban J connectivity index is 1.78. The van der Waals surface area contributed by atoms with Gasteiger partial charge in [-0.2, -0.15) is 0 Å². The number of aryl methyl sites for hydroxylation is 1. The number of aromatic carboxylic acids is 1. The number of rotatable bonds is 9. The lowest BCUT2D eigenvalue weighted by atomic mass is 10.1. The summed E-state index contributed by atoms with van der Waals surface area (Å²) in [6.45, 7) is 7.06. The Labute approximate surface area is 187 Å². The third kappa shape index (κ3) is 5.70. The highest BCUT2D eigenvalue weighted by Gasteiger charge is 2.14. The smallest absolute Gasteiger partial charge is 0.336 e. The maximum atomic E-state index is 11.4. The minimum Gasteiger partial charge on any atom is -0.490 e. The molecule has 0 fully saturated rings. The van der Waals surface area contributed by atoms with Crippen molar-refractivity contribution in [3.8, 4) is 11.5 Å². The van der Waals surface area contributed by atoms with Crippen LogP contribution in [0.25, 0.3) is 0 Å². The Morgan fingerprint density at radius 2 is 1.81 bits per heavy atom. The van der Waals surface area contributed by atoms with Crippen LogP contribution < -0.4 is 14.8 Å². The van der Waals surface area contributed by atoms with Crippen molar-refractivity contribution in [3.63, 3.8) is 0 Å². The molecule has 0 saturated carbocycles. The number of carboxylic acid groups (broad SMARTS) is 1. The number of ether oxygens (including phenoxy) is 2. The van der Waals surface area contributed by atoms with Crippen molar-refractivity contribution < 1.29 is 19.4 Å². The molecule has 6 heteroatoms. The molecule has 3 aromatic carbocycles. The average molecular weight is 440 g/mol. The number of hydrogen-bond donors (Lipinski definition) is 2. The molecule has 0 amide bonds. The Kier molecular flexibility index (Phi) is 7.42. The summed E-state index contributed by atoms with van der Waals surface area (Å²) >= 11 is 6.54. The zero-order valence-electron chi connectivity index (χ0n) is 17.9. The van der Waals surface area contributed by atoms with Crippen LogP contribution in [0.5, 0.6) is 11.5 Å². The monoisotopic (exact) mass is 439 g/mol. The maximum absolute atomic E-state index is 11.4. The Morgan fingerprint density at radius 1 is 1.03 bits per heavy atom. The zero-order valence-corrected chi connectivity index (χ0v) is 18.6. The molecule has 0 aromatic heterocycles. The van der Waals surface area contributed by atoms with Gasteiger partial charge in [-0.3, -0.25) is 0 Å². The molecule has 0 bridgehead atoms. The van der Waals surface area contributed by atoms with Gasteiger partial charge in [-0.05, 0) is 61.7 Å². The fraction of sp³-hybridized carbons (Fsp3) is 0.240. The van der Waals surface area contributed by atoms with Crippen LogP contribution >= 0.6 is 11.6 Å². The van der Waals surface area contributed by atoms with E-state index < -0.39 is 5.97 Å². The summed E-state index contributed by atoms with van der Waals surface area (Å²) in [6.07, 6.45) is 0. The molecule has 0 saturated heterocycles. The van der Waals surface area contributed by atoms with Crippen molar-refractivity contribution in [1.29, 1.82) is 0 Å². The Bertz CT molecular complexity index is 1080. The predicted molar refractivity (Wildman–Crippen MR) is 124 cm³/mol. The Morgan fingerprint density at radius 3 is 2.52 bits per heavy atom. The van der Waals surface area contributed by atoms with Crippen molar-refractivity contribution in [2.75, 3.05) is 11.9 Å². The van der Waals surface area contributed by atoms with Gasteiger partial charge in [0, 0.05) is 12.2 Å². The molecule has 0 aliphatic rings. The molecule has 162 valence electrons. The second kappa shape index (κ2) is 10.2. The first-order chi connectivity index (χ1) is 14.9. The van der Waals surface area contributed by atoms with Crippen molar-refractivity contribution in [1.82, 2.24) is 0 Å². The van der Waals surface area contributed by atoms with Crippen LogP contribution in [0.4, 0.5) is 5.69 Å². The van der Waals surface area contributed by atoms with Gasteiger partial charge in [0.15, 0.2) is 11.5 Å². The number of nitrogens with one attached hydrogen (secondary N) is 1. The number of carboxylic acids is 1. The van der Waals surface area contributed by atoms with Crippen molar-refractivity contribution in [2.24, 2.45) is 0 Å². The summed E-state index contributed by atoms with van der Waals surface area (Å²) in [4.78, 5) is 11.4. The van der Waals surface area contributed by atoms with Crippen molar-refractivity contribution >= 4 is 23.3 Å². The lowest BCUT2D eigenvalue weighted by Crippen LogP contribution is -2.07. The first-order valence-corrected chi connectivity index (χ1v) is 10.5. The molecule has 0 heterocycles. The van der Waals surface area contributed by atoms with E-state index in [4.69, 9.17) is 21.1 Å². The largest absolute Gasteiger partial charge is 0.490 e. The summed E-state index contributed by atoms with van der Waals surface area (Å²) in [5.41, 5.74) is 4.84. The molecule has 2 N–H and O–H groups in total. The third-order valence-corrected chi connectivity index (χ3v) is 5.16. The maximum Gasteiger partial charge on any atom is 0.336 e. The summed E-state index contributed by atoms with van der Waals surface area (Å²) in [6, 6.07) is 17.0. The molecule has 0 aliphatic carbocycles. The number of anilines is 1. The van der Waals surface area contributed by atoms with Gasteiger partial charge in [0.1, 0.15) is 6.61 Å². The van der Waals surface area contributed by atoms with E-state index in [2.05, 4.69) is 11.4 Å². The summed E-state index contributed by atoms with van der Waals surface area (Å²) < 4.78 is 11.8. The number of carbonyl (C=O) groups is 1. The topological polar surface area (TPSA) is 67.8 Å². The van der Waals surface area contributed by atoms with E-state index in [1.54, 1.807) is 19.1 Å². The molecule has 5 nitrogen and oxygen atoms in total. The van der Waals surface area contributed by atoms with Crippen LogP contribution in [0.2, 0.25) is 5.02 Å². The molecule has 0 atom stereocenters. The Hall–Kier alpha value is -3.18. The highest BCUT2D eigenvalue weighted by atomic mass is 35.5. The average Bonchev–Trinajstić information content (AvgIpc) is 2.72. The zero-order chi connectivity index (χ0) is 22.4. The van der Waals surface area contributed by atoms with Crippen LogP contribution in [0.15, 0.2) is 54.6 Å². The summed E-state index contributed by atoms with van der Waals surface area (Å²) in [5.74, 6) is 0.145. The first kappa shape index (κ1) is 22.5. The van der Waals surface area contributed by atoms with Crippen molar-refractivity contribution in [3.05, 3.63) is 87.4 Å². The lowest BCUT2D eigenvalue weighted by molar-refractivity contribution is 0.0696. The van der Waals surface area contributed by atoms with Gasteiger partial charge in [-0.1, -0.05) is 47.5 Å². The van der Waals surface area contributed by atoms with E-state index >= 15 is 0 Å². The van der Waals surface area contributed by atoms with Crippen LogP contribution in [-0.2, 0) is 13.2 Å². The van der Waals surface area contributed by atoms with Gasteiger partial charge in [0.05, 0.1) is 17.2 Å². The molecular formula is C25H26ClNO4. The normalized spacial score (nSPS) is 10.6. The molecule has 3 aromatic rings. The number of hydrogen-bond acceptors (Lipinski definition) is 4. The quantitative estimate of drug-likeness (QED) is 0.412. The minimum atomic E-state index is -0.946. The third-order valence-electron chi connectivity index (χ3n) is 4.88. The molecule has 0 spiro atoms.